The molecule has 3 N–H and O–H groups in total. The molecule has 3 aromatic heterocycles. The van der Waals surface area contributed by atoms with E-state index in [2.05, 4.69) is 25.3 Å². The molecule has 1 atom stereocenters. The molecule has 0 aliphatic heterocycles. The van der Waals surface area contributed by atoms with E-state index >= 15 is 0 Å². The average molecular weight is 335 g/mol. The molecule has 114 valence electrons. The SMILES string of the molecule is CC(Sc1nc2nc[nH]c2c(=O)[nH]1)C(=O)NCc1cccs1. The Labute approximate surface area is 133 Å². The molecule has 3 heterocycles. The van der Waals surface area contributed by atoms with Crippen LogP contribution in [0.5, 0.6) is 0 Å². The van der Waals surface area contributed by atoms with E-state index in [1.165, 1.54) is 18.1 Å². The number of rotatable bonds is 5. The predicted molar refractivity (Wildman–Crippen MR) is 86.0 cm³/mol. The third-order valence-electron chi connectivity index (χ3n) is 2.95. The maximum atomic E-state index is 12.1. The summed E-state index contributed by atoms with van der Waals surface area (Å²) in [5.74, 6) is -0.108. The van der Waals surface area contributed by atoms with Crippen molar-refractivity contribution >= 4 is 40.2 Å². The van der Waals surface area contributed by atoms with Gasteiger partial charge in [0.2, 0.25) is 5.91 Å². The van der Waals surface area contributed by atoms with Gasteiger partial charge in [0.05, 0.1) is 18.1 Å². The fraction of sp³-hybridized carbons (Fsp3) is 0.231. The smallest absolute Gasteiger partial charge is 0.277 e. The first-order valence-electron chi connectivity index (χ1n) is 6.53. The lowest BCUT2D eigenvalue weighted by Crippen LogP contribution is -2.30. The summed E-state index contributed by atoms with van der Waals surface area (Å²) in [7, 11) is 0. The van der Waals surface area contributed by atoms with Crippen molar-refractivity contribution < 1.29 is 4.79 Å². The molecular formula is C13H13N5O2S2. The summed E-state index contributed by atoms with van der Waals surface area (Å²) < 4.78 is 0. The van der Waals surface area contributed by atoms with Crippen LogP contribution in [0.4, 0.5) is 0 Å². The van der Waals surface area contributed by atoms with E-state index in [0.29, 0.717) is 22.9 Å². The Morgan fingerprint density at radius 3 is 3.18 bits per heavy atom. The number of hydrogen-bond acceptors (Lipinski definition) is 6. The number of aromatic nitrogens is 4. The van der Waals surface area contributed by atoms with Crippen LogP contribution in [-0.2, 0) is 11.3 Å². The summed E-state index contributed by atoms with van der Waals surface area (Å²) in [5, 5.41) is 4.83. The standard InChI is InChI=1S/C13H13N5O2S2/c1-7(11(19)14-5-8-3-2-4-21-8)22-13-17-10-9(12(20)18-13)15-6-16-10/h2-4,6-7H,5H2,1H3,(H,14,19)(H2,15,16,17,18,20). The van der Waals surface area contributed by atoms with Gasteiger partial charge in [-0.25, -0.2) is 9.97 Å². The molecule has 0 saturated heterocycles. The minimum absolute atomic E-state index is 0.108. The molecule has 0 aliphatic carbocycles. The lowest BCUT2D eigenvalue weighted by Gasteiger charge is -2.10. The van der Waals surface area contributed by atoms with Gasteiger partial charge in [-0.2, -0.15) is 0 Å². The second kappa shape index (κ2) is 6.32. The second-order valence-electron chi connectivity index (χ2n) is 4.53. The number of nitrogens with one attached hydrogen (secondary N) is 3. The minimum Gasteiger partial charge on any atom is -0.350 e. The monoisotopic (exact) mass is 335 g/mol. The van der Waals surface area contributed by atoms with Crippen LogP contribution in [0.15, 0.2) is 33.8 Å². The number of carbonyl (C=O) groups is 1. The van der Waals surface area contributed by atoms with Gasteiger partial charge in [0.1, 0.15) is 0 Å². The number of thiophene rings is 1. The van der Waals surface area contributed by atoms with Crippen LogP contribution in [0.3, 0.4) is 0 Å². The predicted octanol–water partition coefficient (Wildman–Crippen LogP) is 1.50. The normalized spacial score (nSPS) is 12.4. The lowest BCUT2D eigenvalue weighted by atomic mass is 10.4. The molecule has 0 radical (unpaired) electrons. The van der Waals surface area contributed by atoms with E-state index in [0.717, 1.165) is 4.88 Å². The molecule has 0 saturated carbocycles. The summed E-state index contributed by atoms with van der Waals surface area (Å²) in [6.07, 6.45) is 1.42. The second-order valence-corrected chi connectivity index (χ2v) is 6.89. The fourth-order valence-corrected chi connectivity index (χ4v) is 3.29. The molecule has 22 heavy (non-hydrogen) atoms. The van der Waals surface area contributed by atoms with Gasteiger partial charge in [0.25, 0.3) is 5.56 Å². The molecule has 0 fully saturated rings. The Balaban J connectivity index is 1.65. The summed E-state index contributed by atoms with van der Waals surface area (Å²) >= 11 is 2.78. The van der Waals surface area contributed by atoms with Crippen molar-refractivity contribution in [3.63, 3.8) is 0 Å². The number of nitrogens with zero attached hydrogens (tertiary/aromatic N) is 2. The molecule has 1 amide bonds. The maximum absolute atomic E-state index is 12.1. The zero-order chi connectivity index (χ0) is 15.5. The van der Waals surface area contributed by atoms with Gasteiger partial charge >= 0.3 is 0 Å². The highest BCUT2D eigenvalue weighted by atomic mass is 32.2. The zero-order valence-corrected chi connectivity index (χ0v) is 13.3. The Morgan fingerprint density at radius 2 is 2.41 bits per heavy atom. The topological polar surface area (TPSA) is 104 Å². The van der Waals surface area contributed by atoms with Crippen LogP contribution in [0, 0.1) is 0 Å². The number of imidazole rings is 1. The third kappa shape index (κ3) is 3.20. The van der Waals surface area contributed by atoms with E-state index in [-0.39, 0.29) is 16.7 Å². The van der Waals surface area contributed by atoms with Gasteiger partial charge in [-0.15, -0.1) is 11.3 Å². The van der Waals surface area contributed by atoms with E-state index in [4.69, 9.17) is 0 Å². The molecule has 1 unspecified atom stereocenters. The Morgan fingerprint density at radius 1 is 1.55 bits per heavy atom. The van der Waals surface area contributed by atoms with Crippen molar-refractivity contribution in [3.05, 3.63) is 39.1 Å². The number of fused-ring (bicyclic) bond motifs is 1. The molecule has 0 bridgehead atoms. The summed E-state index contributed by atoms with van der Waals surface area (Å²) in [4.78, 5) is 38.5. The Bertz CT molecular complexity index is 840. The highest BCUT2D eigenvalue weighted by Crippen LogP contribution is 2.19. The lowest BCUT2D eigenvalue weighted by molar-refractivity contribution is -0.120. The average Bonchev–Trinajstić information content (AvgIpc) is 3.15. The van der Waals surface area contributed by atoms with Crippen molar-refractivity contribution in [2.24, 2.45) is 0 Å². The zero-order valence-electron chi connectivity index (χ0n) is 11.6. The van der Waals surface area contributed by atoms with Gasteiger partial charge in [-0.05, 0) is 18.4 Å². The Kier molecular flexibility index (Phi) is 4.25. The first-order valence-corrected chi connectivity index (χ1v) is 8.29. The molecule has 0 aliphatic rings. The minimum atomic E-state index is -0.375. The molecule has 0 aromatic carbocycles. The van der Waals surface area contributed by atoms with Gasteiger partial charge in [0.15, 0.2) is 16.3 Å². The van der Waals surface area contributed by atoms with Gasteiger partial charge in [-0.3, -0.25) is 14.6 Å². The highest BCUT2D eigenvalue weighted by molar-refractivity contribution is 8.00. The molecular weight excluding hydrogens is 322 g/mol. The summed E-state index contributed by atoms with van der Waals surface area (Å²) in [6, 6.07) is 3.91. The van der Waals surface area contributed by atoms with E-state index < -0.39 is 0 Å². The van der Waals surface area contributed by atoms with Crippen LogP contribution < -0.4 is 10.9 Å². The summed E-state index contributed by atoms with van der Waals surface area (Å²) in [6.45, 7) is 2.27. The highest BCUT2D eigenvalue weighted by Gasteiger charge is 2.16. The maximum Gasteiger partial charge on any atom is 0.277 e. The number of hydrogen-bond donors (Lipinski definition) is 3. The number of amides is 1. The first-order chi connectivity index (χ1) is 10.6. The van der Waals surface area contributed by atoms with E-state index in [9.17, 15) is 9.59 Å². The van der Waals surface area contributed by atoms with Crippen molar-refractivity contribution in [1.29, 1.82) is 0 Å². The fourth-order valence-electron chi connectivity index (χ4n) is 1.83. The molecule has 3 rings (SSSR count). The third-order valence-corrected chi connectivity index (χ3v) is 4.81. The van der Waals surface area contributed by atoms with Gasteiger partial charge in [0, 0.05) is 4.88 Å². The number of H-pyrrole nitrogens is 2. The Hall–Kier alpha value is -2.13. The van der Waals surface area contributed by atoms with E-state index in [1.54, 1.807) is 18.3 Å². The van der Waals surface area contributed by atoms with Crippen LogP contribution >= 0.6 is 23.1 Å². The first kappa shape index (κ1) is 14.8. The van der Waals surface area contributed by atoms with Crippen molar-refractivity contribution in [3.8, 4) is 0 Å². The largest absolute Gasteiger partial charge is 0.350 e. The van der Waals surface area contributed by atoms with Crippen molar-refractivity contribution in [2.75, 3.05) is 0 Å². The number of carbonyl (C=O) groups excluding carboxylic acids is 1. The molecule has 7 nitrogen and oxygen atoms in total. The van der Waals surface area contributed by atoms with Crippen LogP contribution in [0.2, 0.25) is 0 Å². The number of thioether (sulfide) groups is 1. The van der Waals surface area contributed by atoms with Gasteiger partial charge < -0.3 is 10.3 Å². The van der Waals surface area contributed by atoms with Crippen molar-refractivity contribution in [2.45, 2.75) is 23.9 Å². The molecule has 3 aromatic rings. The quantitative estimate of drug-likeness (QED) is 0.484. The van der Waals surface area contributed by atoms with Crippen LogP contribution in [-0.4, -0.2) is 31.1 Å². The van der Waals surface area contributed by atoms with Crippen molar-refractivity contribution in [1.82, 2.24) is 25.3 Å². The summed E-state index contributed by atoms with van der Waals surface area (Å²) in [5.41, 5.74) is 0.382. The molecule has 9 heteroatoms. The van der Waals surface area contributed by atoms with Crippen LogP contribution in [0.1, 0.15) is 11.8 Å². The molecule has 0 spiro atoms. The van der Waals surface area contributed by atoms with E-state index in [1.807, 2.05) is 17.5 Å². The number of aromatic amines is 2. The van der Waals surface area contributed by atoms with Gasteiger partial charge in [-0.1, -0.05) is 17.8 Å². The van der Waals surface area contributed by atoms with Crippen LogP contribution in [0.25, 0.3) is 11.2 Å².